The second kappa shape index (κ2) is 6.76. The van der Waals surface area contributed by atoms with Crippen molar-refractivity contribution in [2.75, 3.05) is 59.3 Å². The van der Waals surface area contributed by atoms with Crippen LogP contribution in [0.15, 0.2) is 16.4 Å². The highest BCUT2D eigenvalue weighted by atomic mass is 15.5. The Hall–Kier alpha value is -1.79. The molecule has 1 atom stereocenters. The molecule has 4 heterocycles. The SMILES string of the molecule is C(#CC1CNN(CCN2CCNC2)C1)C1=C2NCN=C2NCN1.[HH]. The number of hydrazine groups is 1. The smallest absolute Gasteiger partial charge is 0.150 e. The van der Waals surface area contributed by atoms with E-state index in [1.54, 1.807) is 0 Å². The predicted octanol–water partition coefficient (Wildman–Crippen LogP) is -2.14. The number of nitrogens with zero attached hydrogens (tertiary/aromatic N) is 3. The number of hydrogen-bond acceptors (Lipinski definition) is 8. The Kier molecular flexibility index (Phi) is 4.35. The fourth-order valence-electron chi connectivity index (χ4n) is 3.20. The summed E-state index contributed by atoms with van der Waals surface area (Å²) in [5.74, 6) is 8.00. The van der Waals surface area contributed by atoms with Crippen molar-refractivity contribution in [3.8, 4) is 11.8 Å². The lowest BCUT2D eigenvalue weighted by molar-refractivity contribution is 0.207. The van der Waals surface area contributed by atoms with Crippen LogP contribution < -0.4 is 26.7 Å². The van der Waals surface area contributed by atoms with Crippen LogP contribution in [0.4, 0.5) is 0 Å². The third kappa shape index (κ3) is 3.43. The predicted molar refractivity (Wildman–Crippen MR) is 91.0 cm³/mol. The Morgan fingerprint density at radius 3 is 3.17 bits per heavy atom. The Labute approximate surface area is 138 Å². The molecule has 5 N–H and O–H groups in total. The number of amidine groups is 1. The standard InChI is InChI=1S/C15H24N8.H2/c1(2-13-14-15(19-9-17-13)20-10-18-14)12-7-21-23(8-12)6-5-22-4-3-16-11-22;/h12,16-18,21H,3-11H2,(H,19,20);1H. The van der Waals surface area contributed by atoms with Crippen molar-refractivity contribution < 1.29 is 1.43 Å². The van der Waals surface area contributed by atoms with E-state index in [0.29, 0.717) is 19.3 Å². The summed E-state index contributed by atoms with van der Waals surface area (Å²) in [6.45, 7) is 8.68. The molecule has 0 radical (unpaired) electrons. The zero-order chi connectivity index (χ0) is 15.5. The first-order valence-electron chi connectivity index (χ1n) is 8.32. The van der Waals surface area contributed by atoms with Gasteiger partial charge in [-0.3, -0.25) is 10.3 Å². The fraction of sp³-hybridized carbons (Fsp3) is 0.667. The van der Waals surface area contributed by atoms with E-state index in [2.05, 4.69) is 53.4 Å². The molecule has 4 rings (SSSR count). The highest BCUT2D eigenvalue weighted by Crippen LogP contribution is 2.09. The van der Waals surface area contributed by atoms with E-state index in [1.165, 1.54) is 0 Å². The normalized spacial score (nSPS) is 27.7. The topological polar surface area (TPSA) is 79.0 Å². The first-order chi connectivity index (χ1) is 11.4. The van der Waals surface area contributed by atoms with Crippen molar-refractivity contribution in [3.63, 3.8) is 0 Å². The van der Waals surface area contributed by atoms with E-state index in [4.69, 9.17) is 0 Å². The number of rotatable bonds is 3. The van der Waals surface area contributed by atoms with Gasteiger partial charge in [-0.25, -0.2) is 10.0 Å². The van der Waals surface area contributed by atoms with Crippen molar-refractivity contribution >= 4 is 5.84 Å². The van der Waals surface area contributed by atoms with Gasteiger partial charge in [0.15, 0.2) is 5.84 Å². The highest BCUT2D eigenvalue weighted by molar-refractivity contribution is 6.01. The Morgan fingerprint density at radius 1 is 1.26 bits per heavy atom. The van der Waals surface area contributed by atoms with Gasteiger partial charge in [-0.2, -0.15) is 0 Å². The molecule has 0 aromatic heterocycles. The molecule has 126 valence electrons. The average molecular weight is 318 g/mol. The van der Waals surface area contributed by atoms with E-state index in [0.717, 1.165) is 63.2 Å². The molecule has 8 heteroatoms. The summed E-state index contributed by atoms with van der Waals surface area (Å²) in [5.41, 5.74) is 5.43. The van der Waals surface area contributed by atoms with Crippen molar-refractivity contribution in [3.05, 3.63) is 11.4 Å². The summed E-state index contributed by atoms with van der Waals surface area (Å²) < 4.78 is 0. The van der Waals surface area contributed by atoms with Gasteiger partial charge in [-0.15, -0.1) is 0 Å². The minimum Gasteiger partial charge on any atom is -0.361 e. The monoisotopic (exact) mass is 318 g/mol. The third-order valence-corrected chi connectivity index (χ3v) is 4.53. The maximum Gasteiger partial charge on any atom is 0.150 e. The van der Waals surface area contributed by atoms with Gasteiger partial charge in [-0.05, 0) is 5.92 Å². The van der Waals surface area contributed by atoms with Gasteiger partial charge in [0.25, 0.3) is 0 Å². The van der Waals surface area contributed by atoms with Gasteiger partial charge < -0.3 is 21.3 Å². The minimum absolute atomic E-state index is 0. The lowest BCUT2D eigenvalue weighted by atomic mass is 10.1. The van der Waals surface area contributed by atoms with Crippen LogP contribution in [0.25, 0.3) is 0 Å². The van der Waals surface area contributed by atoms with Gasteiger partial charge in [-0.1, -0.05) is 5.92 Å². The second-order valence-corrected chi connectivity index (χ2v) is 6.17. The zero-order valence-electron chi connectivity index (χ0n) is 13.3. The fourth-order valence-corrected chi connectivity index (χ4v) is 3.20. The molecule has 0 spiro atoms. The van der Waals surface area contributed by atoms with Crippen LogP contribution in [0.5, 0.6) is 0 Å². The van der Waals surface area contributed by atoms with Crippen LogP contribution >= 0.6 is 0 Å². The first kappa shape index (κ1) is 14.8. The van der Waals surface area contributed by atoms with Gasteiger partial charge in [0.1, 0.15) is 18.1 Å². The van der Waals surface area contributed by atoms with Crippen molar-refractivity contribution in [2.45, 2.75) is 0 Å². The summed E-state index contributed by atoms with van der Waals surface area (Å²) in [6.07, 6.45) is 0. The van der Waals surface area contributed by atoms with Crippen LogP contribution in [0.3, 0.4) is 0 Å². The van der Waals surface area contributed by atoms with E-state index in [1.807, 2.05) is 0 Å². The van der Waals surface area contributed by atoms with Gasteiger partial charge in [0.05, 0.1) is 6.67 Å². The maximum absolute atomic E-state index is 4.36. The van der Waals surface area contributed by atoms with Crippen LogP contribution in [0, 0.1) is 17.8 Å². The van der Waals surface area contributed by atoms with Crippen molar-refractivity contribution in [1.29, 1.82) is 0 Å². The molecule has 23 heavy (non-hydrogen) atoms. The average Bonchev–Trinajstić information content (AvgIpc) is 3.31. The molecule has 0 bridgehead atoms. The molecule has 2 saturated heterocycles. The molecular formula is C15H26N8. The van der Waals surface area contributed by atoms with E-state index in [-0.39, 0.29) is 1.43 Å². The van der Waals surface area contributed by atoms with E-state index in [9.17, 15) is 0 Å². The van der Waals surface area contributed by atoms with Crippen LogP contribution in [0.2, 0.25) is 0 Å². The largest absolute Gasteiger partial charge is 0.361 e. The summed E-state index contributed by atoms with van der Waals surface area (Å²) in [7, 11) is 0. The van der Waals surface area contributed by atoms with Crippen LogP contribution in [-0.4, -0.2) is 75.0 Å². The summed E-state index contributed by atoms with van der Waals surface area (Å²) in [5, 5.41) is 15.4. The third-order valence-electron chi connectivity index (χ3n) is 4.53. The second-order valence-electron chi connectivity index (χ2n) is 6.17. The van der Waals surface area contributed by atoms with E-state index < -0.39 is 0 Å². The number of aliphatic imine (C=N–C) groups is 1. The lowest BCUT2D eigenvalue weighted by Gasteiger charge is -2.20. The molecule has 0 saturated carbocycles. The molecule has 2 fully saturated rings. The molecule has 4 aliphatic heterocycles. The van der Waals surface area contributed by atoms with Gasteiger partial charge in [0.2, 0.25) is 0 Å². The van der Waals surface area contributed by atoms with Gasteiger partial charge >= 0.3 is 0 Å². The molecule has 8 nitrogen and oxygen atoms in total. The summed E-state index contributed by atoms with van der Waals surface area (Å²) >= 11 is 0. The number of allylic oxidation sites excluding steroid dienone is 1. The van der Waals surface area contributed by atoms with E-state index >= 15 is 0 Å². The number of hydrogen-bond donors (Lipinski definition) is 5. The maximum atomic E-state index is 4.36. The molecule has 0 aromatic rings. The lowest BCUT2D eigenvalue weighted by Crippen LogP contribution is -2.41. The van der Waals surface area contributed by atoms with Gasteiger partial charge in [0, 0.05) is 53.3 Å². The number of nitrogens with one attached hydrogen (secondary N) is 5. The highest BCUT2D eigenvalue weighted by Gasteiger charge is 2.23. The van der Waals surface area contributed by atoms with Crippen molar-refractivity contribution in [2.24, 2.45) is 10.9 Å². The van der Waals surface area contributed by atoms with Crippen molar-refractivity contribution in [1.82, 2.24) is 36.6 Å². The molecule has 0 aromatic carbocycles. The zero-order valence-corrected chi connectivity index (χ0v) is 13.3. The van der Waals surface area contributed by atoms with Crippen LogP contribution in [-0.2, 0) is 0 Å². The molecular weight excluding hydrogens is 292 g/mol. The van der Waals surface area contributed by atoms with Crippen LogP contribution in [0.1, 0.15) is 1.43 Å². The quantitative estimate of drug-likeness (QED) is 0.380. The first-order valence-corrected chi connectivity index (χ1v) is 8.32. The minimum atomic E-state index is 0. The Morgan fingerprint density at radius 2 is 2.26 bits per heavy atom. The Balaban J connectivity index is 0.00000169. The summed E-state index contributed by atoms with van der Waals surface area (Å²) in [6, 6.07) is 0. The number of fused-ring (bicyclic) bond motifs is 1. The summed E-state index contributed by atoms with van der Waals surface area (Å²) in [4.78, 5) is 6.80. The molecule has 1 unspecified atom stereocenters. The molecule has 4 aliphatic rings. The Bertz CT molecular complexity index is 572. The molecule has 0 aliphatic carbocycles. The molecule has 0 amide bonds.